The third kappa shape index (κ3) is 4.96. The number of hydrogen-bond donors (Lipinski definition) is 2. The summed E-state index contributed by atoms with van der Waals surface area (Å²) in [5.74, 6) is 0.456. The Morgan fingerprint density at radius 3 is 2.72 bits per heavy atom. The van der Waals surface area contributed by atoms with Gasteiger partial charge in [-0.05, 0) is 20.3 Å². The van der Waals surface area contributed by atoms with Crippen LogP contribution in [0.5, 0.6) is 0 Å². The standard InChI is InChI=1S/C18H24F3N7O/c1-4-22-16-12(7-18(19,20)21)8-23-17(26-16)25-14-9-24-28(11(14)2)13-5-6-15(29)27(3)10-13/h8-9,13H,4-7,10H2,1-3H3,(H2,22,23,25,26). The van der Waals surface area contributed by atoms with E-state index in [4.69, 9.17) is 0 Å². The molecule has 0 saturated carbocycles. The van der Waals surface area contributed by atoms with Gasteiger partial charge in [0.05, 0.1) is 30.0 Å². The number of aromatic nitrogens is 4. The van der Waals surface area contributed by atoms with E-state index < -0.39 is 12.6 Å². The lowest BCUT2D eigenvalue weighted by Crippen LogP contribution is -2.38. The number of likely N-dealkylation sites (tertiary alicyclic amines) is 1. The van der Waals surface area contributed by atoms with Crippen LogP contribution < -0.4 is 10.6 Å². The molecule has 0 radical (unpaired) electrons. The minimum Gasteiger partial charge on any atom is -0.370 e. The summed E-state index contributed by atoms with van der Waals surface area (Å²) in [7, 11) is 1.77. The van der Waals surface area contributed by atoms with Gasteiger partial charge in [0, 0.05) is 38.3 Å². The summed E-state index contributed by atoms with van der Waals surface area (Å²) in [5.41, 5.74) is 1.49. The van der Waals surface area contributed by atoms with Crippen LogP contribution >= 0.6 is 0 Å². The van der Waals surface area contributed by atoms with Crippen LogP contribution in [0.1, 0.15) is 37.1 Å². The molecule has 0 aliphatic carbocycles. The Hall–Kier alpha value is -2.85. The Labute approximate surface area is 166 Å². The fourth-order valence-corrected chi connectivity index (χ4v) is 3.36. The molecular formula is C18H24F3N7O. The van der Waals surface area contributed by atoms with E-state index in [2.05, 4.69) is 25.7 Å². The predicted molar refractivity (Wildman–Crippen MR) is 102 cm³/mol. The van der Waals surface area contributed by atoms with E-state index in [-0.39, 0.29) is 29.3 Å². The van der Waals surface area contributed by atoms with Gasteiger partial charge in [0.1, 0.15) is 5.82 Å². The van der Waals surface area contributed by atoms with Crippen LogP contribution in [0.3, 0.4) is 0 Å². The minimum absolute atomic E-state index is 0.00720. The summed E-state index contributed by atoms with van der Waals surface area (Å²) in [6.45, 7) is 4.68. The molecule has 1 aliphatic heterocycles. The van der Waals surface area contributed by atoms with Gasteiger partial charge in [-0.2, -0.15) is 23.3 Å². The molecule has 3 heterocycles. The largest absolute Gasteiger partial charge is 0.393 e. The van der Waals surface area contributed by atoms with Crippen molar-refractivity contribution in [2.24, 2.45) is 0 Å². The first kappa shape index (κ1) is 20.9. The average Bonchev–Trinajstić information content (AvgIpc) is 2.99. The molecule has 1 fully saturated rings. The predicted octanol–water partition coefficient (Wildman–Crippen LogP) is 3.06. The molecular weight excluding hydrogens is 387 g/mol. The number of nitrogens with zero attached hydrogens (tertiary/aromatic N) is 5. The molecule has 1 aliphatic rings. The van der Waals surface area contributed by atoms with E-state index in [1.165, 1.54) is 6.20 Å². The number of likely N-dealkylation sites (N-methyl/N-ethyl adjacent to an activating group) is 1. The number of rotatable bonds is 6. The Morgan fingerprint density at radius 1 is 1.31 bits per heavy atom. The van der Waals surface area contributed by atoms with E-state index in [0.29, 0.717) is 31.6 Å². The maximum atomic E-state index is 12.8. The molecule has 1 unspecified atom stereocenters. The Kier molecular flexibility index (Phi) is 5.94. The topological polar surface area (TPSA) is 88.0 Å². The molecule has 0 bridgehead atoms. The Morgan fingerprint density at radius 2 is 2.07 bits per heavy atom. The van der Waals surface area contributed by atoms with Gasteiger partial charge >= 0.3 is 6.18 Å². The van der Waals surface area contributed by atoms with Gasteiger partial charge in [-0.15, -0.1) is 0 Å². The molecule has 2 aromatic heterocycles. The first-order chi connectivity index (χ1) is 13.7. The zero-order chi connectivity index (χ0) is 21.2. The van der Waals surface area contributed by atoms with Gasteiger partial charge in [0.2, 0.25) is 11.9 Å². The fourth-order valence-electron chi connectivity index (χ4n) is 3.36. The molecule has 0 aromatic carbocycles. The van der Waals surface area contributed by atoms with Crippen molar-refractivity contribution in [2.45, 2.75) is 45.3 Å². The first-order valence-corrected chi connectivity index (χ1v) is 9.39. The van der Waals surface area contributed by atoms with E-state index in [9.17, 15) is 18.0 Å². The van der Waals surface area contributed by atoms with Crippen molar-refractivity contribution in [1.29, 1.82) is 0 Å². The maximum Gasteiger partial charge on any atom is 0.393 e. The number of carbonyl (C=O) groups is 1. The zero-order valence-electron chi connectivity index (χ0n) is 16.5. The second-order valence-corrected chi connectivity index (χ2v) is 7.07. The van der Waals surface area contributed by atoms with E-state index >= 15 is 0 Å². The highest BCUT2D eigenvalue weighted by atomic mass is 19.4. The number of hydrogen-bond acceptors (Lipinski definition) is 6. The first-order valence-electron chi connectivity index (χ1n) is 9.39. The second kappa shape index (κ2) is 8.26. The third-order valence-corrected chi connectivity index (χ3v) is 4.84. The molecule has 2 aromatic rings. The van der Waals surface area contributed by atoms with Crippen molar-refractivity contribution in [3.05, 3.63) is 23.7 Å². The number of piperidine rings is 1. The lowest BCUT2D eigenvalue weighted by atomic mass is 10.1. The van der Waals surface area contributed by atoms with Crippen molar-refractivity contribution in [2.75, 3.05) is 30.8 Å². The second-order valence-electron chi connectivity index (χ2n) is 7.07. The molecule has 1 amide bonds. The Balaban J connectivity index is 1.79. The molecule has 158 valence electrons. The van der Waals surface area contributed by atoms with E-state index in [0.717, 1.165) is 5.69 Å². The molecule has 3 rings (SSSR count). The van der Waals surface area contributed by atoms with Gasteiger partial charge in [0.25, 0.3) is 0 Å². The molecule has 11 heteroatoms. The van der Waals surface area contributed by atoms with Crippen LogP contribution in [0.2, 0.25) is 0 Å². The molecule has 1 atom stereocenters. The molecule has 0 spiro atoms. The maximum absolute atomic E-state index is 12.8. The van der Waals surface area contributed by atoms with E-state index in [1.54, 1.807) is 25.1 Å². The van der Waals surface area contributed by atoms with Gasteiger partial charge < -0.3 is 15.5 Å². The number of amides is 1. The van der Waals surface area contributed by atoms with Crippen molar-refractivity contribution in [1.82, 2.24) is 24.6 Å². The van der Waals surface area contributed by atoms with Crippen molar-refractivity contribution in [3.63, 3.8) is 0 Å². The summed E-state index contributed by atoms with van der Waals surface area (Å²) in [6.07, 6.45) is -1.44. The summed E-state index contributed by atoms with van der Waals surface area (Å²) in [4.78, 5) is 21.6. The molecule has 2 N–H and O–H groups in total. The van der Waals surface area contributed by atoms with Gasteiger partial charge in [0.15, 0.2) is 0 Å². The third-order valence-electron chi connectivity index (χ3n) is 4.84. The van der Waals surface area contributed by atoms with Crippen molar-refractivity contribution in [3.8, 4) is 0 Å². The smallest absolute Gasteiger partial charge is 0.370 e. The normalized spacial score (nSPS) is 17.5. The summed E-state index contributed by atoms with van der Waals surface area (Å²) in [6, 6.07) is 0.0700. The van der Waals surface area contributed by atoms with Gasteiger partial charge in [-0.1, -0.05) is 0 Å². The monoisotopic (exact) mass is 411 g/mol. The number of anilines is 3. The van der Waals surface area contributed by atoms with Gasteiger partial charge in [-0.25, -0.2) is 4.98 Å². The summed E-state index contributed by atoms with van der Waals surface area (Å²) >= 11 is 0. The molecule has 29 heavy (non-hydrogen) atoms. The molecule has 8 nitrogen and oxygen atoms in total. The zero-order valence-corrected chi connectivity index (χ0v) is 16.5. The number of halogens is 3. The quantitative estimate of drug-likeness (QED) is 0.760. The van der Waals surface area contributed by atoms with Crippen molar-refractivity contribution < 1.29 is 18.0 Å². The number of alkyl halides is 3. The number of nitrogens with one attached hydrogen (secondary N) is 2. The lowest BCUT2D eigenvalue weighted by Gasteiger charge is -2.30. The molecule has 1 saturated heterocycles. The SMILES string of the molecule is CCNc1nc(Nc2cnn(C3CCC(=O)N(C)C3)c2C)ncc1CC(F)(F)F. The highest BCUT2D eigenvalue weighted by Crippen LogP contribution is 2.28. The highest BCUT2D eigenvalue weighted by molar-refractivity contribution is 5.76. The Bertz CT molecular complexity index is 881. The van der Waals surface area contributed by atoms with Crippen LogP contribution in [0.15, 0.2) is 12.4 Å². The average molecular weight is 411 g/mol. The fraction of sp³-hybridized carbons (Fsp3) is 0.556. The minimum atomic E-state index is -4.34. The van der Waals surface area contributed by atoms with Gasteiger partial charge in [-0.3, -0.25) is 9.48 Å². The highest BCUT2D eigenvalue weighted by Gasteiger charge is 2.30. The summed E-state index contributed by atoms with van der Waals surface area (Å²) in [5, 5.41) is 10.3. The van der Waals surface area contributed by atoms with Crippen LogP contribution in [0.25, 0.3) is 0 Å². The van der Waals surface area contributed by atoms with Crippen LogP contribution in [0, 0.1) is 6.92 Å². The lowest BCUT2D eigenvalue weighted by molar-refractivity contribution is -0.133. The van der Waals surface area contributed by atoms with Crippen LogP contribution in [0.4, 0.5) is 30.6 Å². The van der Waals surface area contributed by atoms with Crippen LogP contribution in [-0.4, -0.2) is 56.9 Å². The summed E-state index contributed by atoms with van der Waals surface area (Å²) < 4.78 is 40.1. The van der Waals surface area contributed by atoms with Crippen LogP contribution in [-0.2, 0) is 11.2 Å². The number of carbonyl (C=O) groups excluding carboxylic acids is 1. The van der Waals surface area contributed by atoms with Crippen molar-refractivity contribution >= 4 is 23.4 Å². The van der Waals surface area contributed by atoms with E-state index in [1.807, 2.05) is 11.6 Å².